The summed E-state index contributed by atoms with van der Waals surface area (Å²) in [5.74, 6) is 1.24. The van der Waals surface area contributed by atoms with Crippen molar-refractivity contribution in [3.8, 4) is 40.1 Å². The van der Waals surface area contributed by atoms with Crippen LogP contribution < -0.4 is 0 Å². The predicted molar refractivity (Wildman–Crippen MR) is 130 cm³/mol. The molecule has 0 aliphatic carbocycles. The molecule has 0 N–H and O–H groups in total. The van der Waals surface area contributed by atoms with E-state index in [-0.39, 0.29) is 0 Å². The lowest BCUT2D eigenvalue weighted by molar-refractivity contribution is 0.589. The second-order valence-electron chi connectivity index (χ2n) is 7.13. The molecule has 3 heteroatoms. The third kappa shape index (κ3) is 4.21. The highest BCUT2D eigenvalue weighted by Crippen LogP contribution is 2.38. The normalized spacial score (nSPS) is 11.8. The molecular weight excluding hydrogens is 392 g/mol. The number of nitriles is 1. The second-order valence-corrected chi connectivity index (χ2v) is 7.13. The summed E-state index contributed by atoms with van der Waals surface area (Å²) in [6.45, 7) is 5.80. The van der Waals surface area contributed by atoms with E-state index < -0.39 is 0 Å². The fourth-order valence-electron chi connectivity index (χ4n) is 3.53. The number of benzene rings is 3. The highest BCUT2D eigenvalue weighted by atomic mass is 16.4. The van der Waals surface area contributed by atoms with E-state index in [0.717, 1.165) is 39.3 Å². The minimum absolute atomic E-state index is 0.519. The van der Waals surface area contributed by atoms with E-state index in [1.54, 1.807) is 12.2 Å². The molecule has 0 bridgehead atoms. The highest BCUT2D eigenvalue weighted by molar-refractivity contribution is 5.86. The Morgan fingerprint density at radius 2 is 1.53 bits per heavy atom. The van der Waals surface area contributed by atoms with E-state index in [9.17, 15) is 5.26 Å². The molecule has 0 amide bonds. The molecule has 0 unspecified atom stereocenters. The van der Waals surface area contributed by atoms with Crippen molar-refractivity contribution in [2.75, 3.05) is 0 Å². The van der Waals surface area contributed by atoms with Gasteiger partial charge in [0.05, 0.1) is 6.07 Å². The van der Waals surface area contributed by atoms with Crippen LogP contribution in [-0.2, 0) is 0 Å². The second kappa shape index (κ2) is 9.59. The minimum atomic E-state index is 0.519. The number of hydrogen-bond donors (Lipinski definition) is 0. The Balaban J connectivity index is 1.92. The summed E-state index contributed by atoms with van der Waals surface area (Å²) in [6, 6.07) is 30.1. The molecule has 154 valence electrons. The molecule has 3 nitrogen and oxygen atoms in total. The summed E-state index contributed by atoms with van der Waals surface area (Å²) >= 11 is 0. The largest absolute Gasteiger partial charge is 0.435 e. The van der Waals surface area contributed by atoms with Crippen LogP contribution >= 0.6 is 0 Å². The van der Waals surface area contributed by atoms with E-state index in [1.807, 2.05) is 97.9 Å². The molecule has 0 aliphatic heterocycles. The van der Waals surface area contributed by atoms with E-state index in [4.69, 9.17) is 9.40 Å². The number of hydrogen-bond acceptors (Lipinski definition) is 3. The standard InChI is InChI=1S/C29H22N2O/c1-3-21(20-30)19-22(4-2)25-17-11-12-18-26(25)29-31-27(23-13-7-5-8-14-23)28(32-29)24-15-9-6-10-16-24/h3-19H,2H2,1H3/b21-3+,22-19+. The maximum atomic E-state index is 9.37. The summed E-state index contributed by atoms with van der Waals surface area (Å²) in [5, 5.41) is 9.37. The van der Waals surface area contributed by atoms with Crippen molar-refractivity contribution in [2.45, 2.75) is 6.92 Å². The van der Waals surface area contributed by atoms with Crippen LogP contribution in [0.1, 0.15) is 12.5 Å². The first-order valence-corrected chi connectivity index (χ1v) is 10.4. The van der Waals surface area contributed by atoms with Crippen molar-refractivity contribution < 1.29 is 4.42 Å². The van der Waals surface area contributed by atoms with E-state index in [2.05, 4.69) is 12.6 Å². The molecule has 4 aromatic rings. The van der Waals surface area contributed by atoms with Gasteiger partial charge < -0.3 is 4.42 Å². The van der Waals surface area contributed by atoms with Crippen molar-refractivity contribution >= 4 is 5.57 Å². The van der Waals surface area contributed by atoms with Crippen LogP contribution in [0.5, 0.6) is 0 Å². The Kier molecular flexibility index (Phi) is 6.25. The average molecular weight is 415 g/mol. The van der Waals surface area contributed by atoms with Gasteiger partial charge in [-0.3, -0.25) is 0 Å². The first kappa shape index (κ1) is 20.8. The lowest BCUT2D eigenvalue weighted by Gasteiger charge is -2.08. The lowest BCUT2D eigenvalue weighted by atomic mass is 9.97. The van der Waals surface area contributed by atoms with Gasteiger partial charge in [-0.05, 0) is 30.2 Å². The molecule has 0 saturated carbocycles. The Hall–Kier alpha value is -4.42. The van der Waals surface area contributed by atoms with Crippen LogP contribution in [0.3, 0.4) is 0 Å². The first-order chi connectivity index (χ1) is 15.7. The number of nitrogens with zero attached hydrogens (tertiary/aromatic N) is 2. The van der Waals surface area contributed by atoms with Crippen LogP contribution in [0.25, 0.3) is 39.6 Å². The van der Waals surface area contributed by atoms with Crippen LogP contribution in [0.15, 0.2) is 120 Å². The molecular formula is C29H22N2O. The van der Waals surface area contributed by atoms with Gasteiger partial charge in [-0.2, -0.15) is 5.26 Å². The predicted octanol–water partition coefficient (Wildman–Crippen LogP) is 7.71. The Labute approximate surface area is 188 Å². The number of rotatable bonds is 6. The summed E-state index contributed by atoms with van der Waals surface area (Å²) < 4.78 is 6.38. The van der Waals surface area contributed by atoms with Crippen molar-refractivity contribution in [3.63, 3.8) is 0 Å². The van der Waals surface area contributed by atoms with Gasteiger partial charge in [0.2, 0.25) is 5.89 Å². The van der Waals surface area contributed by atoms with Crippen LogP contribution in [-0.4, -0.2) is 4.98 Å². The molecule has 0 atom stereocenters. The quantitative estimate of drug-likeness (QED) is 0.240. The van der Waals surface area contributed by atoms with Crippen molar-refractivity contribution in [2.24, 2.45) is 0 Å². The van der Waals surface area contributed by atoms with E-state index in [0.29, 0.717) is 11.5 Å². The average Bonchev–Trinajstić information content (AvgIpc) is 3.31. The van der Waals surface area contributed by atoms with Gasteiger partial charge in [0.25, 0.3) is 0 Å². The minimum Gasteiger partial charge on any atom is -0.435 e. The molecule has 0 fully saturated rings. The van der Waals surface area contributed by atoms with Gasteiger partial charge in [-0.1, -0.05) is 97.6 Å². The molecule has 0 spiro atoms. The van der Waals surface area contributed by atoms with Gasteiger partial charge in [0.15, 0.2) is 5.76 Å². The van der Waals surface area contributed by atoms with Crippen molar-refractivity contribution in [3.05, 3.63) is 121 Å². The topological polar surface area (TPSA) is 49.8 Å². The molecule has 0 saturated heterocycles. The lowest BCUT2D eigenvalue weighted by Crippen LogP contribution is -1.89. The van der Waals surface area contributed by atoms with E-state index >= 15 is 0 Å². The fourth-order valence-corrected chi connectivity index (χ4v) is 3.53. The van der Waals surface area contributed by atoms with Gasteiger partial charge in [0.1, 0.15) is 5.69 Å². The maximum Gasteiger partial charge on any atom is 0.227 e. The van der Waals surface area contributed by atoms with E-state index in [1.165, 1.54) is 0 Å². The summed E-state index contributed by atoms with van der Waals surface area (Å²) in [4.78, 5) is 4.92. The molecule has 3 aromatic carbocycles. The number of allylic oxidation sites excluding steroid dienone is 5. The third-order valence-electron chi connectivity index (χ3n) is 5.15. The first-order valence-electron chi connectivity index (χ1n) is 10.4. The monoisotopic (exact) mass is 414 g/mol. The number of aromatic nitrogens is 1. The third-order valence-corrected chi connectivity index (χ3v) is 5.15. The fraction of sp³-hybridized carbons (Fsp3) is 0.0345. The molecule has 1 aromatic heterocycles. The van der Waals surface area contributed by atoms with Gasteiger partial charge >= 0.3 is 0 Å². The SMILES string of the molecule is C=C/C(=C\C(C#N)=C/C)c1ccccc1-c1nc(-c2ccccc2)c(-c2ccccc2)o1. The molecule has 1 heterocycles. The van der Waals surface area contributed by atoms with Gasteiger partial charge in [0, 0.05) is 22.3 Å². The molecule has 4 rings (SSSR count). The summed E-state index contributed by atoms with van der Waals surface area (Å²) in [5.41, 5.74) is 5.87. The Morgan fingerprint density at radius 3 is 2.16 bits per heavy atom. The zero-order valence-corrected chi connectivity index (χ0v) is 17.8. The molecule has 0 radical (unpaired) electrons. The van der Waals surface area contributed by atoms with Crippen LogP contribution in [0, 0.1) is 11.3 Å². The van der Waals surface area contributed by atoms with Gasteiger partial charge in [-0.15, -0.1) is 0 Å². The highest BCUT2D eigenvalue weighted by Gasteiger charge is 2.20. The zero-order valence-electron chi connectivity index (χ0n) is 17.8. The Morgan fingerprint density at radius 1 is 0.906 bits per heavy atom. The molecule has 0 aliphatic rings. The smallest absolute Gasteiger partial charge is 0.227 e. The summed E-state index contributed by atoms with van der Waals surface area (Å²) in [6.07, 6.45) is 5.35. The van der Waals surface area contributed by atoms with Crippen LogP contribution in [0.2, 0.25) is 0 Å². The molecule has 32 heavy (non-hydrogen) atoms. The zero-order chi connectivity index (χ0) is 22.3. The van der Waals surface area contributed by atoms with Crippen molar-refractivity contribution in [1.29, 1.82) is 5.26 Å². The maximum absolute atomic E-state index is 9.37. The van der Waals surface area contributed by atoms with Crippen LogP contribution in [0.4, 0.5) is 0 Å². The number of oxazole rings is 1. The summed E-state index contributed by atoms with van der Waals surface area (Å²) in [7, 11) is 0. The van der Waals surface area contributed by atoms with Gasteiger partial charge in [-0.25, -0.2) is 4.98 Å². The Bertz CT molecular complexity index is 1280. The van der Waals surface area contributed by atoms with Crippen molar-refractivity contribution in [1.82, 2.24) is 4.98 Å².